The summed E-state index contributed by atoms with van der Waals surface area (Å²) < 4.78 is 0. The number of hydrogen-bond acceptors (Lipinski definition) is 5. The number of fused-ring (bicyclic) bond motifs is 1. The molecule has 1 aliphatic carbocycles. The number of anilines is 1. The summed E-state index contributed by atoms with van der Waals surface area (Å²) in [5.74, 6) is 2.09. The van der Waals surface area contributed by atoms with Gasteiger partial charge in [0.25, 0.3) is 0 Å². The fourth-order valence-corrected chi connectivity index (χ4v) is 3.35. The summed E-state index contributed by atoms with van der Waals surface area (Å²) >= 11 is 0. The Kier molecular flexibility index (Phi) is 4.04. The summed E-state index contributed by atoms with van der Waals surface area (Å²) in [6, 6.07) is 3.94. The quantitative estimate of drug-likeness (QED) is 0.934. The van der Waals surface area contributed by atoms with Gasteiger partial charge < -0.3 is 10.2 Å². The van der Waals surface area contributed by atoms with E-state index < -0.39 is 0 Å². The molecule has 1 saturated heterocycles. The Morgan fingerprint density at radius 3 is 2.75 bits per heavy atom. The van der Waals surface area contributed by atoms with Crippen LogP contribution in [0.2, 0.25) is 0 Å². The van der Waals surface area contributed by atoms with Crippen molar-refractivity contribution in [1.29, 1.82) is 0 Å². The molecule has 2 aromatic heterocycles. The minimum atomic E-state index is 0.335. The molecule has 2 aliphatic rings. The molecule has 6 nitrogen and oxygen atoms in total. The number of likely N-dealkylation sites (tertiary alicyclic amines) is 1. The van der Waals surface area contributed by atoms with Crippen molar-refractivity contribution in [3.8, 4) is 0 Å². The number of carbonyl (C=O) groups excluding carboxylic acids is 1. The van der Waals surface area contributed by atoms with Crippen LogP contribution in [0.15, 0.2) is 18.5 Å². The monoisotopic (exact) mass is 325 g/mol. The highest BCUT2D eigenvalue weighted by molar-refractivity contribution is 5.84. The van der Waals surface area contributed by atoms with Crippen molar-refractivity contribution >= 4 is 22.8 Å². The lowest BCUT2D eigenvalue weighted by atomic mass is 9.96. The van der Waals surface area contributed by atoms with Crippen LogP contribution in [-0.2, 0) is 4.79 Å². The van der Waals surface area contributed by atoms with E-state index in [-0.39, 0.29) is 0 Å². The Morgan fingerprint density at radius 1 is 1.21 bits per heavy atom. The van der Waals surface area contributed by atoms with Gasteiger partial charge in [-0.15, -0.1) is 0 Å². The predicted molar refractivity (Wildman–Crippen MR) is 92.6 cm³/mol. The highest BCUT2D eigenvalue weighted by atomic mass is 16.2. The third-order valence-corrected chi connectivity index (χ3v) is 5.03. The van der Waals surface area contributed by atoms with Gasteiger partial charge in [0, 0.05) is 31.2 Å². The zero-order valence-corrected chi connectivity index (χ0v) is 14.0. The van der Waals surface area contributed by atoms with Crippen LogP contribution in [0.25, 0.3) is 11.0 Å². The number of nitrogens with zero attached hydrogens (tertiary/aromatic N) is 4. The number of pyridine rings is 1. The highest BCUT2D eigenvalue weighted by Gasteiger charge is 2.34. The van der Waals surface area contributed by atoms with Crippen LogP contribution in [0.4, 0.5) is 5.82 Å². The van der Waals surface area contributed by atoms with E-state index in [0.29, 0.717) is 17.7 Å². The van der Waals surface area contributed by atoms with E-state index in [9.17, 15) is 4.79 Å². The molecule has 2 fully saturated rings. The number of rotatable bonds is 4. The molecule has 1 amide bonds. The second kappa shape index (κ2) is 6.34. The van der Waals surface area contributed by atoms with E-state index in [1.807, 2.05) is 19.1 Å². The average Bonchev–Trinajstić information content (AvgIpc) is 3.45. The standard InChI is InChI=1S/C18H23N5O/c1-12-2-5-15-16(22-12)17(21-11-20-15)19-10-13-6-8-23(9-7-13)18(24)14-3-4-14/h2,5,11,13-14H,3-4,6-10H2,1H3,(H,19,20,21). The van der Waals surface area contributed by atoms with Crippen molar-refractivity contribution in [2.75, 3.05) is 25.0 Å². The van der Waals surface area contributed by atoms with Crippen LogP contribution >= 0.6 is 0 Å². The number of carbonyl (C=O) groups is 1. The normalized spacial score (nSPS) is 18.8. The smallest absolute Gasteiger partial charge is 0.225 e. The fourth-order valence-electron chi connectivity index (χ4n) is 3.35. The minimum absolute atomic E-state index is 0.335. The third kappa shape index (κ3) is 3.18. The Hall–Kier alpha value is -2.24. The van der Waals surface area contributed by atoms with E-state index >= 15 is 0 Å². The van der Waals surface area contributed by atoms with Crippen LogP contribution in [0.5, 0.6) is 0 Å². The van der Waals surface area contributed by atoms with Gasteiger partial charge in [-0.05, 0) is 50.7 Å². The first-order valence-electron chi connectivity index (χ1n) is 8.82. The fraction of sp³-hybridized carbons (Fsp3) is 0.556. The second-order valence-electron chi connectivity index (χ2n) is 6.97. The van der Waals surface area contributed by atoms with Crippen LogP contribution in [-0.4, -0.2) is 45.4 Å². The molecule has 0 radical (unpaired) electrons. The maximum absolute atomic E-state index is 12.1. The first-order valence-corrected chi connectivity index (χ1v) is 8.82. The molecule has 1 aliphatic heterocycles. The molecule has 1 N–H and O–H groups in total. The minimum Gasteiger partial charge on any atom is -0.368 e. The summed E-state index contributed by atoms with van der Waals surface area (Å²) in [6.07, 6.45) is 5.88. The summed E-state index contributed by atoms with van der Waals surface area (Å²) in [6.45, 7) is 4.63. The number of hydrogen-bond donors (Lipinski definition) is 1. The predicted octanol–water partition coefficient (Wildman–Crippen LogP) is 2.39. The maximum Gasteiger partial charge on any atom is 0.225 e. The van der Waals surface area contributed by atoms with Crippen molar-refractivity contribution in [1.82, 2.24) is 19.9 Å². The van der Waals surface area contributed by atoms with Crippen molar-refractivity contribution in [2.45, 2.75) is 32.6 Å². The van der Waals surface area contributed by atoms with Crippen molar-refractivity contribution in [3.63, 3.8) is 0 Å². The lowest BCUT2D eigenvalue weighted by Crippen LogP contribution is -2.40. The molecular formula is C18H23N5O. The van der Waals surface area contributed by atoms with Gasteiger partial charge in [-0.2, -0.15) is 0 Å². The van der Waals surface area contributed by atoms with E-state index in [2.05, 4.69) is 25.2 Å². The highest BCUT2D eigenvalue weighted by Crippen LogP contribution is 2.32. The van der Waals surface area contributed by atoms with Crippen LogP contribution in [0, 0.1) is 18.8 Å². The SMILES string of the molecule is Cc1ccc2ncnc(NCC3CCN(C(=O)C4CC4)CC3)c2n1. The average molecular weight is 325 g/mol. The van der Waals surface area contributed by atoms with Gasteiger partial charge in [0.2, 0.25) is 5.91 Å². The molecule has 0 spiro atoms. The summed E-state index contributed by atoms with van der Waals surface area (Å²) in [5.41, 5.74) is 2.66. The van der Waals surface area contributed by atoms with Crippen LogP contribution < -0.4 is 5.32 Å². The first-order chi connectivity index (χ1) is 11.7. The van der Waals surface area contributed by atoms with Gasteiger partial charge in [0.05, 0.1) is 5.52 Å². The Bertz CT molecular complexity index is 750. The zero-order chi connectivity index (χ0) is 16.5. The van der Waals surface area contributed by atoms with Crippen molar-refractivity contribution < 1.29 is 4.79 Å². The van der Waals surface area contributed by atoms with Gasteiger partial charge in [0.1, 0.15) is 11.8 Å². The van der Waals surface area contributed by atoms with Gasteiger partial charge in [-0.1, -0.05) is 0 Å². The van der Waals surface area contributed by atoms with E-state index in [0.717, 1.165) is 67.9 Å². The van der Waals surface area contributed by atoms with Crippen LogP contribution in [0.3, 0.4) is 0 Å². The third-order valence-electron chi connectivity index (χ3n) is 5.03. The number of amides is 1. The zero-order valence-electron chi connectivity index (χ0n) is 14.0. The maximum atomic E-state index is 12.1. The van der Waals surface area contributed by atoms with E-state index in [1.165, 1.54) is 0 Å². The number of aromatic nitrogens is 3. The van der Waals surface area contributed by atoms with Gasteiger partial charge in [-0.3, -0.25) is 4.79 Å². The summed E-state index contributed by atoms with van der Waals surface area (Å²) in [5, 5.41) is 3.45. The molecule has 0 unspecified atom stereocenters. The Labute approximate surface area is 141 Å². The largest absolute Gasteiger partial charge is 0.368 e. The van der Waals surface area contributed by atoms with Gasteiger partial charge in [0.15, 0.2) is 5.82 Å². The molecule has 6 heteroatoms. The molecule has 0 aromatic carbocycles. The lowest BCUT2D eigenvalue weighted by molar-refractivity contribution is -0.133. The van der Waals surface area contributed by atoms with Gasteiger partial charge in [-0.25, -0.2) is 15.0 Å². The van der Waals surface area contributed by atoms with E-state index in [4.69, 9.17) is 0 Å². The topological polar surface area (TPSA) is 71.0 Å². The van der Waals surface area contributed by atoms with Crippen molar-refractivity contribution in [2.24, 2.45) is 11.8 Å². The summed E-state index contributed by atoms with van der Waals surface area (Å²) in [7, 11) is 0. The van der Waals surface area contributed by atoms with E-state index in [1.54, 1.807) is 6.33 Å². The van der Waals surface area contributed by atoms with Crippen molar-refractivity contribution in [3.05, 3.63) is 24.2 Å². The molecule has 24 heavy (non-hydrogen) atoms. The van der Waals surface area contributed by atoms with Gasteiger partial charge >= 0.3 is 0 Å². The summed E-state index contributed by atoms with van der Waals surface area (Å²) in [4.78, 5) is 27.4. The number of piperidine rings is 1. The number of nitrogens with one attached hydrogen (secondary N) is 1. The first kappa shape index (κ1) is 15.3. The Balaban J connectivity index is 1.36. The number of aryl methyl sites for hydroxylation is 1. The molecule has 4 rings (SSSR count). The molecule has 0 bridgehead atoms. The van der Waals surface area contributed by atoms with Crippen LogP contribution in [0.1, 0.15) is 31.4 Å². The molecular weight excluding hydrogens is 302 g/mol. The molecule has 126 valence electrons. The lowest BCUT2D eigenvalue weighted by Gasteiger charge is -2.32. The second-order valence-corrected chi connectivity index (χ2v) is 6.97. The molecule has 0 atom stereocenters. The Morgan fingerprint density at radius 2 is 2.00 bits per heavy atom. The molecule has 2 aromatic rings. The molecule has 1 saturated carbocycles. The molecule has 3 heterocycles.